The number of anilines is 1. The van der Waals surface area contributed by atoms with Crippen LogP contribution in [-0.4, -0.2) is 25.7 Å². The molecule has 2 heterocycles. The summed E-state index contributed by atoms with van der Waals surface area (Å²) in [5, 5.41) is 10.9. The summed E-state index contributed by atoms with van der Waals surface area (Å²) < 4.78 is 2.39. The normalized spacial score (nSPS) is 15.9. The lowest BCUT2D eigenvalue weighted by molar-refractivity contribution is -0.116. The fourth-order valence-electron chi connectivity index (χ4n) is 3.69. The Kier molecular flexibility index (Phi) is 5.91. The molecule has 29 heavy (non-hydrogen) atoms. The smallest absolute Gasteiger partial charge is 0.227 e. The number of hydrogen-bond acceptors (Lipinski definition) is 5. The molecule has 0 bridgehead atoms. The first-order valence-electron chi connectivity index (χ1n) is 10.0. The molecule has 1 aliphatic carbocycles. The van der Waals surface area contributed by atoms with E-state index in [1.165, 1.54) is 23.3 Å². The van der Waals surface area contributed by atoms with Crippen molar-refractivity contribution >= 4 is 34.6 Å². The Labute approximate surface area is 179 Å². The molecule has 1 unspecified atom stereocenters. The topological polar surface area (TPSA) is 75.6 Å². The fraction of sp³-hybridized carbons (Fsp3) is 0.429. The number of amides is 1. The highest BCUT2D eigenvalue weighted by Gasteiger charge is 2.22. The zero-order valence-electron chi connectivity index (χ0n) is 16.7. The van der Waals surface area contributed by atoms with Gasteiger partial charge in [0.15, 0.2) is 15.7 Å². The molecule has 2 N–H and O–H groups in total. The summed E-state index contributed by atoms with van der Waals surface area (Å²) in [5.74, 6) is 1.44. The first kappa shape index (κ1) is 20.0. The minimum Gasteiger partial charge on any atom is -0.302 e. The first-order chi connectivity index (χ1) is 14.0. The lowest BCUT2D eigenvalue weighted by atomic mass is 9.89. The van der Waals surface area contributed by atoms with Crippen LogP contribution in [0.3, 0.4) is 0 Å². The average Bonchev–Trinajstić information content (AvgIpc) is 3.28. The summed E-state index contributed by atoms with van der Waals surface area (Å²) in [6.07, 6.45) is 4.82. The van der Waals surface area contributed by atoms with Gasteiger partial charge in [0.1, 0.15) is 0 Å². The first-order valence-corrected chi connectivity index (χ1v) is 11.3. The second-order valence-corrected chi connectivity index (χ2v) is 9.04. The number of thiazole rings is 1. The van der Waals surface area contributed by atoms with Gasteiger partial charge in [0.05, 0.1) is 5.69 Å². The maximum atomic E-state index is 12.5. The van der Waals surface area contributed by atoms with Crippen LogP contribution in [0.5, 0.6) is 0 Å². The number of nitrogens with zero attached hydrogens (tertiary/aromatic N) is 3. The van der Waals surface area contributed by atoms with Gasteiger partial charge in [-0.3, -0.25) is 14.5 Å². The molecular weight excluding hydrogens is 402 g/mol. The number of nitrogens with one attached hydrogen (secondary N) is 2. The molecule has 2 aromatic heterocycles. The van der Waals surface area contributed by atoms with Gasteiger partial charge in [-0.25, -0.2) is 4.98 Å². The van der Waals surface area contributed by atoms with Gasteiger partial charge in [-0.1, -0.05) is 43.2 Å². The molecule has 0 spiro atoms. The molecule has 152 valence electrons. The molecule has 0 saturated heterocycles. The Bertz CT molecular complexity index is 1060. The molecule has 0 aliphatic heterocycles. The number of fused-ring (bicyclic) bond motifs is 1. The van der Waals surface area contributed by atoms with E-state index in [2.05, 4.69) is 27.4 Å². The number of benzene rings is 1. The number of aromatic nitrogens is 4. The number of carbonyl (C=O) groups excluding carboxylic acids is 1. The van der Waals surface area contributed by atoms with Crippen molar-refractivity contribution in [3.05, 3.63) is 45.2 Å². The number of aryl methyl sites for hydroxylation is 2. The van der Waals surface area contributed by atoms with Gasteiger partial charge in [-0.15, -0.1) is 11.3 Å². The number of aromatic amines is 1. The van der Waals surface area contributed by atoms with Crippen molar-refractivity contribution in [3.8, 4) is 11.4 Å². The summed E-state index contributed by atoms with van der Waals surface area (Å²) in [4.78, 5) is 18.5. The molecule has 1 aromatic carbocycles. The van der Waals surface area contributed by atoms with E-state index in [9.17, 15) is 4.79 Å². The molecule has 1 atom stereocenters. The summed E-state index contributed by atoms with van der Waals surface area (Å²) >= 11 is 6.99. The zero-order valence-corrected chi connectivity index (χ0v) is 18.3. The van der Waals surface area contributed by atoms with Crippen molar-refractivity contribution < 1.29 is 4.79 Å². The maximum absolute atomic E-state index is 12.5. The predicted molar refractivity (Wildman–Crippen MR) is 119 cm³/mol. The van der Waals surface area contributed by atoms with Crippen LogP contribution in [0.2, 0.25) is 0 Å². The molecule has 1 amide bonds. The van der Waals surface area contributed by atoms with Crippen LogP contribution < -0.4 is 5.32 Å². The number of H-pyrrole nitrogens is 1. The minimum atomic E-state index is -0.0545. The summed E-state index contributed by atoms with van der Waals surface area (Å²) in [6, 6.07) is 8.11. The van der Waals surface area contributed by atoms with Crippen molar-refractivity contribution in [1.82, 2.24) is 19.7 Å². The third kappa shape index (κ3) is 4.48. The average molecular weight is 428 g/mol. The monoisotopic (exact) mass is 427 g/mol. The van der Waals surface area contributed by atoms with E-state index < -0.39 is 0 Å². The summed E-state index contributed by atoms with van der Waals surface area (Å²) in [5.41, 5.74) is 3.32. The second-order valence-electron chi connectivity index (χ2n) is 7.57. The standard InChI is InChI=1S/C21H25N5OS2/c1-3-14-6-9-16-17(12-14)29-20(22-16)23-18(27)10-11-26-19(24-25-21(26)28)15-7-4-13(2)5-8-15/h4-5,7-8,14H,3,6,9-12H2,1-2H3,(H,25,28)(H,22,23,27). The van der Waals surface area contributed by atoms with Crippen LogP contribution in [0.1, 0.15) is 42.3 Å². The van der Waals surface area contributed by atoms with Crippen molar-refractivity contribution in [2.45, 2.75) is 52.5 Å². The molecule has 6 nitrogen and oxygen atoms in total. The molecule has 8 heteroatoms. The van der Waals surface area contributed by atoms with Crippen molar-refractivity contribution in [1.29, 1.82) is 0 Å². The zero-order chi connectivity index (χ0) is 20.4. The van der Waals surface area contributed by atoms with E-state index in [1.807, 2.05) is 35.8 Å². The van der Waals surface area contributed by atoms with Gasteiger partial charge in [0.25, 0.3) is 0 Å². The van der Waals surface area contributed by atoms with E-state index in [-0.39, 0.29) is 5.91 Å². The third-order valence-corrected chi connectivity index (χ3v) is 6.84. The molecule has 0 saturated carbocycles. The van der Waals surface area contributed by atoms with Crippen LogP contribution >= 0.6 is 23.6 Å². The van der Waals surface area contributed by atoms with Gasteiger partial charge >= 0.3 is 0 Å². The van der Waals surface area contributed by atoms with Gasteiger partial charge in [0, 0.05) is 23.4 Å². The highest BCUT2D eigenvalue weighted by molar-refractivity contribution is 7.71. The predicted octanol–water partition coefficient (Wildman–Crippen LogP) is 4.92. The lowest BCUT2D eigenvalue weighted by Crippen LogP contribution is -2.15. The Morgan fingerprint density at radius 3 is 2.93 bits per heavy atom. The third-order valence-electron chi connectivity index (χ3n) is 5.50. The van der Waals surface area contributed by atoms with Crippen LogP contribution in [-0.2, 0) is 24.2 Å². The van der Waals surface area contributed by atoms with Gasteiger partial charge in [0.2, 0.25) is 5.91 Å². The largest absolute Gasteiger partial charge is 0.302 e. The molecule has 0 fully saturated rings. The van der Waals surface area contributed by atoms with E-state index in [4.69, 9.17) is 12.2 Å². The van der Waals surface area contributed by atoms with Crippen LogP contribution in [0.25, 0.3) is 11.4 Å². The Morgan fingerprint density at radius 2 is 2.17 bits per heavy atom. The summed E-state index contributed by atoms with van der Waals surface area (Å²) in [7, 11) is 0. The second kappa shape index (κ2) is 8.59. The SMILES string of the molecule is CCC1CCc2nc(NC(=O)CCn3c(-c4ccc(C)cc4)n[nH]c3=S)sc2C1. The lowest BCUT2D eigenvalue weighted by Gasteiger charge is -2.18. The van der Waals surface area contributed by atoms with Crippen molar-refractivity contribution in [3.63, 3.8) is 0 Å². The van der Waals surface area contributed by atoms with Crippen molar-refractivity contribution in [2.24, 2.45) is 5.92 Å². The molecule has 0 radical (unpaired) electrons. The number of rotatable bonds is 6. The van der Waals surface area contributed by atoms with E-state index >= 15 is 0 Å². The van der Waals surface area contributed by atoms with E-state index in [0.29, 0.717) is 22.9 Å². The van der Waals surface area contributed by atoms with Crippen molar-refractivity contribution in [2.75, 3.05) is 5.32 Å². The molecule has 4 rings (SSSR count). The molecular formula is C21H25N5OS2. The van der Waals surface area contributed by atoms with E-state index in [0.717, 1.165) is 35.8 Å². The Balaban J connectivity index is 1.41. The number of hydrogen-bond donors (Lipinski definition) is 2. The maximum Gasteiger partial charge on any atom is 0.227 e. The van der Waals surface area contributed by atoms with Gasteiger partial charge in [-0.05, 0) is 44.3 Å². The van der Waals surface area contributed by atoms with Crippen LogP contribution in [0.15, 0.2) is 24.3 Å². The Hall–Kier alpha value is -2.32. The molecule has 3 aromatic rings. The quantitative estimate of drug-likeness (QED) is 0.548. The van der Waals surface area contributed by atoms with Crippen LogP contribution in [0, 0.1) is 17.6 Å². The highest BCUT2D eigenvalue weighted by Crippen LogP contribution is 2.33. The minimum absolute atomic E-state index is 0.0545. The highest BCUT2D eigenvalue weighted by atomic mass is 32.1. The fourth-order valence-corrected chi connectivity index (χ4v) is 5.05. The number of carbonyl (C=O) groups is 1. The van der Waals surface area contributed by atoms with Gasteiger partial charge < -0.3 is 5.32 Å². The summed E-state index contributed by atoms with van der Waals surface area (Å²) in [6.45, 7) is 4.75. The molecule has 1 aliphatic rings. The van der Waals surface area contributed by atoms with E-state index in [1.54, 1.807) is 11.3 Å². The Morgan fingerprint density at radius 1 is 1.38 bits per heavy atom. The van der Waals surface area contributed by atoms with Gasteiger partial charge in [-0.2, -0.15) is 5.10 Å². The van der Waals surface area contributed by atoms with Crippen LogP contribution in [0.4, 0.5) is 5.13 Å².